The molecule has 0 spiro atoms. The quantitative estimate of drug-likeness (QED) is 0.0378. The first-order valence-electron chi connectivity index (χ1n) is 17.8. The Hall–Kier alpha value is -6.20. The van der Waals surface area contributed by atoms with Gasteiger partial charge in [-0.2, -0.15) is 4.57 Å². The van der Waals surface area contributed by atoms with Crippen LogP contribution in [0.25, 0.3) is 0 Å². The molecule has 0 radical (unpaired) electrons. The molecule has 0 saturated carbocycles. The zero-order chi connectivity index (χ0) is 40.0. The van der Waals surface area contributed by atoms with E-state index in [2.05, 4.69) is 5.18 Å². The van der Waals surface area contributed by atoms with E-state index in [0.29, 0.717) is 5.56 Å². The molecule has 5 aromatic rings. The van der Waals surface area contributed by atoms with Crippen LogP contribution in [0.1, 0.15) is 19.4 Å². The van der Waals surface area contributed by atoms with Gasteiger partial charge >= 0.3 is 21.6 Å². The van der Waals surface area contributed by atoms with Crippen LogP contribution in [0.5, 0.6) is 23.0 Å². The minimum atomic E-state index is -4.67. The highest BCUT2D eigenvalue weighted by Crippen LogP contribution is 2.59. The molecular formula is C41H36N2O12P2. The number of ether oxygens (including phenoxy) is 1. The molecule has 0 N–H and O–H groups in total. The Bertz CT molecular complexity index is 2240. The summed E-state index contributed by atoms with van der Waals surface area (Å²) in [7, 11) is -9.14. The summed E-state index contributed by atoms with van der Waals surface area (Å²) in [6, 6.07) is 38.1. The fourth-order valence-electron chi connectivity index (χ4n) is 6.44. The van der Waals surface area contributed by atoms with E-state index < -0.39 is 51.5 Å². The van der Waals surface area contributed by atoms with Crippen molar-refractivity contribution in [1.82, 2.24) is 4.90 Å². The van der Waals surface area contributed by atoms with Gasteiger partial charge in [-0.3, -0.25) is 14.2 Å². The van der Waals surface area contributed by atoms with Gasteiger partial charge in [0, 0.05) is 5.92 Å². The molecule has 1 saturated heterocycles. The molecule has 1 amide bonds. The van der Waals surface area contributed by atoms with Crippen molar-refractivity contribution >= 4 is 33.2 Å². The van der Waals surface area contributed by atoms with Gasteiger partial charge in [0.1, 0.15) is 41.1 Å². The number of carbonyl (C=O) groups excluding carboxylic acids is 2. The maximum atomic E-state index is 14.6. The van der Waals surface area contributed by atoms with Crippen molar-refractivity contribution < 1.29 is 50.6 Å². The topological polar surface area (TPSA) is 166 Å². The third-order valence-electron chi connectivity index (χ3n) is 9.05. The summed E-state index contributed by atoms with van der Waals surface area (Å²) in [5.74, 6) is -2.94. The number of phosphoric acid groups is 2. The number of hydrogen-bond donors (Lipinski definition) is 0. The molecule has 57 heavy (non-hydrogen) atoms. The fourth-order valence-corrected chi connectivity index (χ4v) is 9.23. The number of amides is 1. The van der Waals surface area contributed by atoms with Crippen molar-refractivity contribution in [2.75, 3.05) is 0 Å². The molecular weight excluding hydrogens is 774 g/mol. The first-order valence-corrected chi connectivity index (χ1v) is 20.7. The smallest absolute Gasteiger partial charge is 0.456 e. The van der Waals surface area contributed by atoms with Gasteiger partial charge in [0.2, 0.25) is 5.91 Å². The van der Waals surface area contributed by atoms with E-state index in [-0.39, 0.29) is 46.7 Å². The van der Waals surface area contributed by atoms with Crippen LogP contribution < -0.4 is 18.1 Å². The Labute approximate surface area is 328 Å². The highest BCUT2D eigenvalue weighted by molar-refractivity contribution is 7.49. The van der Waals surface area contributed by atoms with E-state index in [4.69, 9.17) is 31.9 Å². The number of hydrogen-bond acceptors (Lipinski definition) is 13. The molecule has 2 aliphatic heterocycles. The number of nitroso groups, excluding NO2 is 1. The van der Waals surface area contributed by atoms with Gasteiger partial charge in [-0.15, -0.1) is 4.91 Å². The van der Waals surface area contributed by atoms with Crippen molar-refractivity contribution in [2.45, 2.75) is 32.6 Å². The number of benzene rings is 5. The Balaban J connectivity index is 1.20. The second-order valence-electron chi connectivity index (χ2n) is 13.0. The van der Waals surface area contributed by atoms with Crippen LogP contribution in [0.4, 0.5) is 5.69 Å². The van der Waals surface area contributed by atoms with Gasteiger partial charge in [0.25, 0.3) is 0 Å². The lowest BCUT2D eigenvalue weighted by molar-refractivity contribution is -0.163. The van der Waals surface area contributed by atoms with Gasteiger partial charge in [-0.05, 0) is 78.3 Å². The van der Waals surface area contributed by atoms with Crippen LogP contribution in [0, 0.1) is 16.7 Å². The van der Waals surface area contributed by atoms with Gasteiger partial charge in [-0.1, -0.05) is 91.9 Å². The van der Waals surface area contributed by atoms with Crippen molar-refractivity contribution in [3.63, 3.8) is 0 Å². The molecule has 0 aromatic heterocycles. The normalized spacial score (nSPS) is 18.1. The van der Waals surface area contributed by atoms with E-state index in [0.717, 1.165) is 0 Å². The predicted octanol–water partition coefficient (Wildman–Crippen LogP) is 9.77. The molecule has 1 fully saturated rings. The molecule has 0 bridgehead atoms. The van der Waals surface area contributed by atoms with E-state index in [1.165, 1.54) is 17.0 Å². The van der Waals surface area contributed by atoms with Crippen LogP contribution in [0.3, 0.4) is 0 Å². The molecule has 292 valence electrons. The molecule has 16 heteroatoms. The second kappa shape index (κ2) is 16.9. The summed E-state index contributed by atoms with van der Waals surface area (Å²) < 4.78 is 70.1. The molecule has 7 rings (SSSR count). The van der Waals surface area contributed by atoms with Gasteiger partial charge in [0.15, 0.2) is 5.70 Å². The largest absolute Gasteiger partial charge is 0.646 e. The standard InChI is InChI=1S/C41H36N2O12P2/c1-28-37-36(29(2)50-56(47,51-32-15-7-3-8-16-32)52-33-17-9-4-10-18-33)40(44)43(37)38(41(45)49-27-30-23-25-31(42-46)26-24-30)39(28)55-57(48,53-34-19-11-5-12-20-34)54-35-21-13-6-14-22-35/h3-26,28-29,36-37H,27H2,1-2H3/t28-,29-,36-,37-/m1/s1. The summed E-state index contributed by atoms with van der Waals surface area (Å²) in [6.45, 7) is 2.95. The number of carbonyl (C=O) groups is 2. The minimum absolute atomic E-state index is 0.146. The lowest BCUT2D eigenvalue weighted by Crippen LogP contribution is -2.64. The number of fused-ring (bicyclic) bond motifs is 1. The first kappa shape index (κ1) is 39.1. The van der Waals surface area contributed by atoms with Crippen molar-refractivity contribution in [3.05, 3.63) is 168 Å². The predicted molar refractivity (Wildman–Crippen MR) is 207 cm³/mol. The lowest BCUT2D eigenvalue weighted by atomic mass is 9.79. The second-order valence-corrected chi connectivity index (χ2v) is 15.9. The highest BCUT2D eigenvalue weighted by Gasteiger charge is 2.63. The van der Waals surface area contributed by atoms with Gasteiger partial charge in [0.05, 0.1) is 18.1 Å². The zero-order valence-corrected chi connectivity index (χ0v) is 32.3. The average Bonchev–Trinajstić information content (AvgIpc) is 3.44. The third-order valence-corrected chi connectivity index (χ3v) is 11.8. The number of esters is 1. The van der Waals surface area contributed by atoms with E-state index in [9.17, 15) is 23.6 Å². The minimum Gasteiger partial charge on any atom is -0.456 e. The van der Waals surface area contributed by atoms with Crippen LogP contribution in [-0.4, -0.2) is 28.9 Å². The van der Waals surface area contributed by atoms with Crippen molar-refractivity contribution in [2.24, 2.45) is 17.0 Å². The Morgan fingerprint density at radius 1 is 0.667 bits per heavy atom. The van der Waals surface area contributed by atoms with Crippen molar-refractivity contribution in [1.29, 1.82) is 0 Å². The van der Waals surface area contributed by atoms with Crippen LogP contribution in [0.2, 0.25) is 0 Å². The summed E-state index contributed by atoms with van der Waals surface area (Å²) in [5, 5.41) is 2.88. The number of phosphoric ester groups is 2. The summed E-state index contributed by atoms with van der Waals surface area (Å²) in [4.78, 5) is 40.3. The van der Waals surface area contributed by atoms with Crippen molar-refractivity contribution in [3.8, 4) is 23.0 Å². The Morgan fingerprint density at radius 3 is 1.54 bits per heavy atom. The van der Waals surface area contributed by atoms with Gasteiger partial charge < -0.3 is 27.4 Å². The van der Waals surface area contributed by atoms with Crippen LogP contribution in [-0.2, 0) is 39.1 Å². The van der Waals surface area contributed by atoms with E-state index in [1.807, 2.05) is 0 Å². The Morgan fingerprint density at radius 2 is 1.11 bits per heavy atom. The monoisotopic (exact) mass is 810 g/mol. The molecule has 14 nitrogen and oxygen atoms in total. The van der Waals surface area contributed by atoms with E-state index >= 15 is 0 Å². The molecule has 0 aliphatic carbocycles. The summed E-state index contributed by atoms with van der Waals surface area (Å²) >= 11 is 0. The fraction of sp³-hybridized carbons (Fsp3) is 0.171. The molecule has 4 atom stereocenters. The third kappa shape index (κ3) is 8.94. The molecule has 0 unspecified atom stereocenters. The maximum absolute atomic E-state index is 14.6. The number of nitrogens with zero attached hydrogens (tertiary/aromatic N) is 2. The SMILES string of the molecule is C[C@@H](OP(=O)(Oc1ccccc1)Oc1ccccc1)[C@H]1C(=O)N2C(C(=O)OCc3ccc(N=O)cc3)=C(OP(=O)(Oc3ccccc3)Oc3ccccc3)[C@H](C)[C@H]12. The average molecular weight is 811 g/mol. The number of rotatable bonds is 17. The number of β-lactam (4-membered cyclic amide) rings is 1. The molecule has 5 aromatic carbocycles. The molecule has 2 aliphatic rings. The zero-order valence-electron chi connectivity index (χ0n) is 30.6. The molecule has 2 heterocycles. The lowest BCUT2D eigenvalue weighted by Gasteiger charge is -2.47. The van der Waals surface area contributed by atoms with Gasteiger partial charge in [-0.25, -0.2) is 9.36 Å². The first-order chi connectivity index (χ1) is 27.5. The summed E-state index contributed by atoms with van der Waals surface area (Å²) in [5.41, 5.74) is 0.379. The number of para-hydroxylation sites is 4. The maximum Gasteiger partial charge on any atom is 0.646 e. The van der Waals surface area contributed by atoms with E-state index in [1.54, 1.807) is 147 Å². The van der Waals surface area contributed by atoms with Crippen LogP contribution in [0.15, 0.2) is 162 Å². The highest BCUT2D eigenvalue weighted by atomic mass is 31.2. The van der Waals surface area contributed by atoms with Crippen LogP contribution >= 0.6 is 15.6 Å². The summed E-state index contributed by atoms with van der Waals surface area (Å²) in [6.07, 6.45) is -1.12. The Kier molecular flexibility index (Phi) is 11.6.